The van der Waals surface area contributed by atoms with Crippen molar-refractivity contribution in [1.82, 2.24) is 4.98 Å². The number of hydrogen-bond acceptors (Lipinski definition) is 6. The van der Waals surface area contributed by atoms with Gasteiger partial charge >= 0.3 is 5.97 Å². The average molecular weight is 325 g/mol. The molecule has 1 aliphatic heterocycles. The van der Waals surface area contributed by atoms with Crippen molar-refractivity contribution in [2.45, 2.75) is 6.92 Å². The Hall–Kier alpha value is -2.99. The van der Waals surface area contributed by atoms with Crippen LogP contribution in [0.5, 0.6) is 11.5 Å². The lowest BCUT2D eigenvalue weighted by molar-refractivity contribution is -0.138. The Morgan fingerprint density at radius 2 is 2.12 bits per heavy atom. The molecular weight excluding hydrogens is 310 g/mol. The predicted octanol–water partition coefficient (Wildman–Crippen LogP) is 2.56. The molecule has 0 atom stereocenters. The molecule has 6 heteroatoms. The van der Waals surface area contributed by atoms with E-state index in [1.54, 1.807) is 43.5 Å². The van der Waals surface area contributed by atoms with Crippen LogP contribution < -0.4 is 9.47 Å². The molecule has 0 saturated heterocycles. The van der Waals surface area contributed by atoms with Gasteiger partial charge in [0.25, 0.3) is 0 Å². The average Bonchev–Trinajstić information content (AvgIpc) is 2.89. The highest BCUT2D eigenvalue weighted by atomic mass is 16.6. The summed E-state index contributed by atoms with van der Waals surface area (Å²) in [5.41, 5.74) is 1.63. The number of allylic oxidation sites excluding steroid dienone is 1. The molecule has 0 saturated carbocycles. The first-order valence-corrected chi connectivity index (χ1v) is 7.28. The number of carbonyl (C=O) groups is 2. The summed E-state index contributed by atoms with van der Waals surface area (Å²) in [6.07, 6.45) is 3.22. The number of ether oxygens (including phenoxy) is 3. The third-order valence-electron chi connectivity index (χ3n) is 3.49. The van der Waals surface area contributed by atoms with Crippen molar-refractivity contribution in [3.8, 4) is 11.5 Å². The fraction of sp³-hybridized carbons (Fsp3) is 0.167. The van der Waals surface area contributed by atoms with Gasteiger partial charge in [-0.15, -0.1) is 0 Å². The number of benzene rings is 1. The van der Waals surface area contributed by atoms with Gasteiger partial charge in [0.05, 0.1) is 11.3 Å². The maximum atomic E-state index is 12.4. The summed E-state index contributed by atoms with van der Waals surface area (Å²) < 4.78 is 15.6. The molecule has 1 aromatic carbocycles. The van der Waals surface area contributed by atoms with Crippen molar-refractivity contribution in [1.29, 1.82) is 0 Å². The van der Waals surface area contributed by atoms with E-state index >= 15 is 0 Å². The van der Waals surface area contributed by atoms with Gasteiger partial charge in [0.2, 0.25) is 5.78 Å². The number of hydrogen-bond donors (Lipinski definition) is 0. The highest BCUT2D eigenvalue weighted by Crippen LogP contribution is 2.39. The van der Waals surface area contributed by atoms with Gasteiger partial charge in [-0.05, 0) is 31.2 Å². The third-order valence-corrected chi connectivity index (χ3v) is 3.49. The Balaban J connectivity index is 1.90. The van der Waals surface area contributed by atoms with E-state index in [9.17, 15) is 9.59 Å². The molecule has 0 unspecified atom stereocenters. The number of Topliss-reactive ketones (excluding diaryl/α,β-unsaturated/α-hetero) is 1. The molecule has 2 heterocycles. The van der Waals surface area contributed by atoms with Crippen LogP contribution in [0, 0.1) is 6.92 Å². The first-order chi connectivity index (χ1) is 11.6. The fourth-order valence-electron chi connectivity index (χ4n) is 2.34. The minimum atomic E-state index is -0.519. The number of carbonyl (C=O) groups excluding carboxylic acids is 2. The second kappa shape index (κ2) is 6.64. The van der Waals surface area contributed by atoms with Gasteiger partial charge in [-0.25, -0.2) is 4.79 Å². The highest BCUT2D eigenvalue weighted by Gasteiger charge is 2.30. The zero-order valence-corrected chi connectivity index (χ0v) is 13.2. The zero-order chi connectivity index (χ0) is 17.1. The SMILES string of the molecule is COCC(=O)Oc1ccc2c(c1C)O/C(=C\c1ccccn1)C2=O. The zero-order valence-electron chi connectivity index (χ0n) is 13.2. The Labute approximate surface area is 138 Å². The number of pyridine rings is 1. The molecule has 2 aromatic rings. The molecule has 0 amide bonds. The Morgan fingerprint density at radius 3 is 2.83 bits per heavy atom. The molecule has 3 rings (SSSR count). The van der Waals surface area contributed by atoms with Gasteiger partial charge in [-0.2, -0.15) is 0 Å². The molecule has 6 nitrogen and oxygen atoms in total. The molecule has 1 aliphatic rings. The van der Waals surface area contributed by atoms with E-state index in [2.05, 4.69) is 4.98 Å². The van der Waals surface area contributed by atoms with Crippen LogP contribution in [0.15, 0.2) is 42.3 Å². The summed E-state index contributed by atoms with van der Waals surface area (Å²) in [5, 5.41) is 0. The van der Waals surface area contributed by atoms with Crippen LogP contribution in [-0.4, -0.2) is 30.5 Å². The minimum Gasteiger partial charge on any atom is -0.452 e. The van der Waals surface area contributed by atoms with E-state index in [4.69, 9.17) is 14.2 Å². The van der Waals surface area contributed by atoms with Crippen molar-refractivity contribution in [3.63, 3.8) is 0 Å². The number of ketones is 1. The summed E-state index contributed by atoms with van der Waals surface area (Å²) in [4.78, 5) is 28.1. The van der Waals surface area contributed by atoms with E-state index in [-0.39, 0.29) is 18.1 Å². The van der Waals surface area contributed by atoms with E-state index in [0.717, 1.165) is 0 Å². The number of aromatic nitrogens is 1. The second-order valence-corrected chi connectivity index (χ2v) is 5.17. The summed E-state index contributed by atoms with van der Waals surface area (Å²) in [6.45, 7) is 1.58. The monoisotopic (exact) mass is 325 g/mol. The normalized spacial score (nSPS) is 14.4. The topological polar surface area (TPSA) is 74.7 Å². The Bertz CT molecular complexity index is 827. The molecule has 0 fully saturated rings. The highest BCUT2D eigenvalue weighted by molar-refractivity contribution is 6.14. The third kappa shape index (κ3) is 3.04. The predicted molar refractivity (Wildman–Crippen MR) is 85.9 cm³/mol. The molecule has 0 radical (unpaired) electrons. The minimum absolute atomic E-state index is 0.152. The summed E-state index contributed by atoms with van der Waals surface area (Å²) in [5.74, 6) is 0.169. The number of methoxy groups -OCH3 is 1. The van der Waals surface area contributed by atoms with E-state index < -0.39 is 5.97 Å². The van der Waals surface area contributed by atoms with Crippen molar-refractivity contribution >= 4 is 17.8 Å². The summed E-state index contributed by atoms with van der Waals surface area (Å²) >= 11 is 0. The number of esters is 1. The maximum absolute atomic E-state index is 12.4. The van der Waals surface area contributed by atoms with Crippen molar-refractivity contribution in [3.05, 3.63) is 59.1 Å². The van der Waals surface area contributed by atoms with E-state index in [0.29, 0.717) is 28.3 Å². The summed E-state index contributed by atoms with van der Waals surface area (Å²) in [7, 11) is 1.41. The van der Waals surface area contributed by atoms with Gasteiger partial charge in [0.1, 0.15) is 18.1 Å². The number of fused-ring (bicyclic) bond motifs is 1. The van der Waals surface area contributed by atoms with Crippen LogP contribution in [-0.2, 0) is 9.53 Å². The van der Waals surface area contributed by atoms with Crippen LogP contribution in [0.3, 0.4) is 0 Å². The quantitative estimate of drug-likeness (QED) is 0.488. The smallest absolute Gasteiger partial charge is 0.337 e. The molecule has 1 aromatic heterocycles. The van der Waals surface area contributed by atoms with Crippen LogP contribution >= 0.6 is 0 Å². The van der Waals surface area contributed by atoms with E-state index in [1.165, 1.54) is 7.11 Å². The molecular formula is C18H15NO5. The molecule has 24 heavy (non-hydrogen) atoms. The molecule has 0 bridgehead atoms. The molecule has 122 valence electrons. The van der Waals surface area contributed by atoms with Crippen molar-refractivity contribution in [2.24, 2.45) is 0 Å². The van der Waals surface area contributed by atoms with Gasteiger partial charge in [0, 0.05) is 24.9 Å². The number of rotatable bonds is 4. The van der Waals surface area contributed by atoms with Crippen molar-refractivity contribution in [2.75, 3.05) is 13.7 Å². The largest absolute Gasteiger partial charge is 0.452 e. The van der Waals surface area contributed by atoms with Gasteiger partial charge in [-0.3, -0.25) is 9.78 Å². The molecule has 0 aliphatic carbocycles. The standard InChI is InChI=1S/C18H15NO5/c1-11-14(23-16(20)10-22-2)7-6-13-17(21)15(24-18(11)13)9-12-5-3-4-8-19-12/h3-9H,10H2,1-2H3/b15-9-. The van der Waals surface area contributed by atoms with Crippen LogP contribution in [0.2, 0.25) is 0 Å². The lowest BCUT2D eigenvalue weighted by Crippen LogP contribution is -2.14. The van der Waals surface area contributed by atoms with Gasteiger partial charge in [0.15, 0.2) is 5.76 Å². The van der Waals surface area contributed by atoms with Crippen molar-refractivity contribution < 1.29 is 23.8 Å². The van der Waals surface area contributed by atoms with Crippen LogP contribution in [0.4, 0.5) is 0 Å². The van der Waals surface area contributed by atoms with Gasteiger partial charge < -0.3 is 14.2 Å². The van der Waals surface area contributed by atoms with E-state index in [1.807, 2.05) is 6.07 Å². The van der Waals surface area contributed by atoms with Gasteiger partial charge in [-0.1, -0.05) is 6.07 Å². The van der Waals surface area contributed by atoms with Crippen LogP contribution in [0.25, 0.3) is 6.08 Å². The number of nitrogens with zero attached hydrogens (tertiary/aromatic N) is 1. The lowest BCUT2D eigenvalue weighted by atomic mass is 10.1. The first-order valence-electron chi connectivity index (χ1n) is 7.28. The Morgan fingerprint density at radius 1 is 1.29 bits per heavy atom. The lowest BCUT2D eigenvalue weighted by Gasteiger charge is -2.09. The maximum Gasteiger partial charge on any atom is 0.337 e. The molecule has 0 N–H and O–H groups in total. The Kier molecular flexibility index (Phi) is 4.39. The first kappa shape index (κ1) is 15.9. The second-order valence-electron chi connectivity index (χ2n) is 5.17. The molecule has 0 spiro atoms. The van der Waals surface area contributed by atoms with Crippen LogP contribution in [0.1, 0.15) is 21.6 Å². The summed E-state index contributed by atoms with van der Waals surface area (Å²) in [6, 6.07) is 8.55. The fourth-order valence-corrected chi connectivity index (χ4v) is 2.34.